The first kappa shape index (κ1) is 23.3. The highest BCUT2D eigenvalue weighted by Crippen LogP contribution is 2.64. The molecule has 1 spiro atoms. The fourth-order valence-electron chi connectivity index (χ4n) is 7.97. The number of likely N-dealkylation sites (tertiary alicyclic amines) is 1. The first-order valence-corrected chi connectivity index (χ1v) is 15.0. The summed E-state index contributed by atoms with van der Waals surface area (Å²) < 4.78 is 7.79. The second kappa shape index (κ2) is 8.34. The summed E-state index contributed by atoms with van der Waals surface area (Å²) in [5.41, 5.74) is 3.74. The fraction of sp³-hybridized carbons (Fsp3) is 0.552. The monoisotopic (exact) mass is 568 g/mol. The highest BCUT2D eigenvalue weighted by molar-refractivity contribution is 9.10. The summed E-state index contributed by atoms with van der Waals surface area (Å²) in [5, 5.41) is 13.0. The number of amides is 1. The largest absolute Gasteiger partial charge is 0.504 e. The van der Waals surface area contributed by atoms with Crippen molar-refractivity contribution in [2.75, 3.05) is 20.1 Å². The predicted molar refractivity (Wildman–Crippen MR) is 146 cm³/mol. The number of aromatic hydroxyl groups is 1. The topological polar surface area (TPSA) is 53.0 Å². The van der Waals surface area contributed by atoms with Crippen LogP contribution in [0.25, 0.3) is 6.08 Å². The van der Waals surface area contributed by atoms with Crippen molar-refractivity contribution < 1.29 is 14.6 Å². The second-order valence-electron chi connectivity index (χ2n) is 11.6. The molecule has 5 nitrogen and oxygen atoms in total. The molecule has 5 aliphatic rings. The van der Waals surface area contributed by atoms with Gasteiger partial charge in [-0.05, 0) is 109 Å². The van der Waals surface area contributed by atoms with Gasteiger partial charge >= 0.3 is 0 Å². The van der Waals surface area contributed by atoms with Gasteiger partial charge in [-0.3, -0.25) is 9.69 Å². The molecule has 1 N–H and O–H groups in total. The standard InChI is InChI=1S/C29H33BrN2O3S/c1-16-11-24(33)27-26-20(16)13-23-21-6-7-22(31(2)25(34)8-5-19-12-18(30)15-36-19)28(35-27)29(21,26)9-10-32(23)14-17-3-4-17/h5,8,11-12,15,17,21-23,28,33H,3-4,6-7,9-10,13-14H2,1-2H3/b8-5+/t21-,22+,23+,28-,29-/m0/s1. The van der Waals surface area contributed by atoms with Gasteiger partial charge in [-0.2, -0.15) is 0 Å². The number of phenolic OH excluding ortho intramolecular Hbond substituents is 1. The molecule has 3 fully saturated rings. The molecule has 2 aliphatic heterocycles. The van der Waals surface area contributed by atoms with E-state index >= 15 is 0 Å². The highest BCUT2D eigenvalue weighted by Gasteiger charge is 2.66. The molecule has 36 heavy (non-hydrogen) atoms. The van der Waals surface area contributed by atoms with Crippen LogP contribution in [0, 0.1) is 18.8 Å². The van der Waals surface area contributed by atoms with Gasteiger partial charge in [0.1, 0.15) is 6.10 Å². The van der Waals surface area contributed by atoms with Crippen LogP contribution in [0.3, 0.4) is 0 Å². The van der Waals surface area contributed by atoms with Crippen LogP contribution in [0.5, 0.6) is 11.5 Å². The lowest BCUT2D eigenvalue weighted by Crippen LogP contribution is -2.69. The zero-order chi connectivity index (χ0) is 24.8. The number of carbonyl (C=O) groups is 1. The van der Waals surface area contributed by atoms with Gasteiger partial charge in [-0.15, -0.1) is 11.3 Å². The normalized spacial score (nSPS) is 32.4. The van der Waals surface area contributed by atoms with E-state index in [1.165, 1.54) is 36.1 Å². The molecular weight excluding hydrogens is 536 g/mol. The molecule has 3 heterocycles. The van der Waals surface area contributed by atoms with Crippen LogP contribution in [-0.2, 0) is 16.6 Å². The van der Waals surface area contributed by atoms with Crippen molar-refractivity contribution in [3.05, 3.63) is 49.6 Å². The van der Waals surface area contributed by atoms with Crippen LogP contribution in [0.4, 0.5) is 0 Å². The van der Waals surface area contributed by atoms with E-state index in [1.807, 2.05) is 35.5 Å². The lowest BCUT2D eigenvalue weighted by atomic mass is 9.50. The van der Waals surface area contributed by atoms with Gasteiger partial charge in [0.2, 0.25) is 5.91 Å². The summed E-state index contributed by atoms with van der Waals surface area (Å²) in [4.78, 5) is 19.1. The number of piperidine rings is 1. The van der Waals surface area contributed by atoms with Gasteiger partial charge in [-0.1, -0.05) is 0 Å². The Morgan fingerprint density at radius 3 is 2.92 bits per heavy atom. The first-order valence-electron chi connectivity index (χ1n) is 13.3. The average Bonchev–Trinajstić information content (AvgIpc) is 3.47. The summed E-state index contributed by atoms with van der Waals surface area (Å²) >= 11 is 5.11. The Kier molecular flexibility index (Phi) is 5.40. The van der Waals surface area contributed by atoms with Gasteiger partial charge in [0.05, 0.1) is 6.04 Å². The van der Waals surface area contributed by atoms with Crippen molar-refractivity contribution >= 4 is 39.2 Å². The molecule has 0 radical (unpaired) electrons. The van der Waals surface area contributed by atoms with Crippen molar-refractivity contribution in [3.8, 4) is 11.5 Å². The number of nitrogens with zero attached hydrogens (tertiary/aromatic N) is 2. The molecule has 3 aliphatic carbocycles. The van der Waals surface area contributed by atoms with E-state index in [0.29, 0.717) is 17.7 Å². The third-order valence-corrected chi connectivity index (χ3v) is 11.4. The summed E-state index contributed by atoms with van der Waals surface area (Å²) in [6.07, 6.45) is 10.4. The Balaban J connectivity index is 1.25. The fourth-order valence-corrected chi connectivity index (χ4v) is 9.31. The zero-order valence-electron chi connectivity index (χ0n) is 20.9. The molecule has 1 aromatic heterocycles. The van der Waals surface area contributed by atoms with E-state index < -0.39 is 0 Å². The van der Waals surface area contributed by atoms with Crippen molar-refractivity contribution in [3.63, 3.8) is 0 Å². The number of halogens is 1. The Bertz CT molecular complexity index is 1270. The molecule has 1 amide bonds. The molecule has 2 aromatic rings. The molecule has 190 valence electrons. The number of benzene rings is 1. The van der Waals surface area contributed by atoms with E-state index in [9.17, 15) is 9.90 Å². The molecule has 1 saturated heterocycles. The van der Waals surface area contributed by atoms with Crippen LogP contribution < -0.4 is 4.74 Å². The quantitative estimate of drug-likeness (QED) is 0.483. The van der Waals surface area contributed by atoms with Gasteiger partial charge in [-0.25, -0.2) is 0 Å². The number of thiophene rings is 1. The molecule has 2 bridgehead atoms. The number of hydrogen-bond acceptors (Lipinski definition) is 5. The Hall–Kier alpha value is -1.83. The third kappa shape index (κ3) is 3.38. The summed E-state index contributed by atoms with van der Waals surface area (Å²) in [7, 11) is 1.93. The van der Waals surface area contributed by atoms with Gasteiger partial charge in [0.25, 0.3) is 0 Å². The van der Waals surface area contributed by atoms with Crippen molar-refractivity contribution in [2.24, 2.45) is 11.8 Å². The number of aryl methyl sites for hydroxylation is 1. The Labute approximate surface area is 225 Å². The molecule has 7 heteroatoms. The summed E-state index contributed by atoms with van der Waals surface area (Å²) in [5.74, 6) is 2.38. The maximum Gasteiger partial charge on any atom is 0.246 e. The van der Waals surface area contributed by atoms with E-state index in [1.54, 1.807) is 17.4 Å². The molecular formula is C29H33BrN2O3S. The SMILES string of the molecule is Cc1cc(O)c2c3c1C[C@@H]1[C@@H]4CC[C@@H](N(C)C(=O)/C=C/c5cc(Br)cs5)[C@H](O2)[C@]34CCN1CC1CC1. The van der Waals surface area contributed by atoms with E-state index in [4.69, 9.17) is 4.74 Å². The smallest absolute Gasteiger partial charge is 0.246 e. The first-order chi connectivity index (χ1) is 17.4. The number of rotatable bonds is 5. The second-order valence-corrected chi connectivity index (χ2v) is 13.5. The lowest BCUT2D eigenvalue weighted by Gasteiger charge is -2.60. The zero-order valence-corrected chi connectivity index (χ0v) is 23.3. The number of hydrogen-bond donors (Lipinski definition) is 1. The minimum absolute atomic E-state index is 0.0119. The van der Waals surface area contributed by atoms with Gasteiger partial charge in [0, 0.05) is 51.4 Å². The third-order valence-electron chi connectivity index (χ3n) is 9.77. The van der Waals surface area contributed by atoms with Crippen molar-refractivity contribution in [1.82, 2.24) is 9.80 Å². The number of carbonyl (C=O) groups excluding carboxylic acids is 1. The summed E-state index contributed by atoms with van der Waals surface area (Å²) in [6.45, 7) is 4.46. The minimum atomic E-state index is -0.114. The number of phenols is 1. The van der Waals surface area contributed by atoms with Crippen molar-refractivity contribution in [1.29, 1.82) is 0 Å². The maximum absolute atomic E-state index is 13.3. The predicted octanol–water partition coefficient (Wildman–Crippen LogP) is 5.51. The average molecular weight is 570 g/mol. The van der Waals surface area contributed by atoms with E-state index in [-0.39, 0.29) is 29.2 Å². The molecule has 2 saturated carbocycles. The molecule has 0 unspecified atom stereocenters. The van der Waals surface area contributed by atoms with E-state index in [0.717, 1.165) is 47.5 Å². The minimum Gasteiger partial charge on any atom is -0.504 e. The van der Waals surface area contributed by atoms with Crippen LogP contribution in [0.2, 0.25) is 0 Å². The Morgan fingerprint density at radius 2 is 2.17 bits per heavy atom. The number of likely N-dealkylation sites (N-methyl/N-ethyl adjacent to an activating group) is 1. The Morgan fingerprint density at radius 1 is 1.33 bits per heavy atom. The molecule has 7 rings (SSSR count). The van der Waals surface area contributed by atoms with Gasteiger partial charge < -0.3 is 14.7 Å². The summed E-state index contributed by atoms with van der Waals surface area (Å²) in [6, 6.07) is 4.45. The van der Waals surface area contributed by atoms with Crippen LogP contribution in [-0.4, -0.2) is 59.1 Å². The highest BCUT2D eigenvalue weighted by atomic mass is 79.9. The maximum atomic E-state index is 13.3. The van der Waals surface area contributed by atoms with E-state index in [2.05, 4.69) is 27.8 Å². The van der Waals surface area contributed by atoms with Crippen LogP contribution in [0.1, 0.15) is 53.7 Å². The lowest BCUT2D eigenvalue weighted by molar-refractivity contribution is -0.135. The van der Waals surface area contributed by atoms with Crippen molar-refractivity contribution in [2.45, 2.75) is 69.1 Å². The molecule has 1 aromatic carbocycles. The number of ether oxygens (including phenoxy) is 1. The molecule has 5 atom stereocenters. The van der Waals surface area contributed by atoms with Crippen LogP contribution in [0.15, 0.2) is 28.1 Å². The van der Waals surface area contributed by atoms with Crippen LogP contribution >= 0.6 is 27.3 Å². The van der Waals surface area contributed by atoms with Gasteiger partial charge in [0.15, 0.2) is 11.5 Å².